The van der Waals surface area contributed by atoms with Gasteiger partial charge in [0.15, 0.2) is 18.1 Å². The third-order valence-corrected chi connectivity index (χ3v) is 5.77. The average molecular weight is 518 g/mol. The van der Waals surface area contributed by atoms with E-state index in [0.717, 1.165) is 33.1 Å². The Morgan fingerprint density at radius 2 is 1.84 bits per heavy atom. The molecule has 0 fully saturated rings. The summed E-state index contributed by atoms with van der Waals surface area (Å²) in [6.45, 7) is 6.78. The third-order valence-electron chi connectivity index (χ3n) is 4.77. The topological polar surface area (TPSA) is 59.6 Å². The van der Waals surface area contributed by atoms with Gasteiger partial charge in [-0.25, -0.2) is 0 Å². The van der Waals surface area contributed by atoms with Gasteiger partial charge in [0.1, 0.15) is 0 Å². The fourth-order valence-electron chi connectivity index (χ4n) is 3.18. The molecule has 0 aliphatic carbocycles. The molecule has 0 radical (unpaired) electrons. The number of amides is 1. The van der Waals surface area contributed by atoms with Crippen LogP contribution < -0.4 is 20.1 Å². The molecule has 0 saturated carbocycles. The van der Waals surface area contributed by atoms with Crippen molar-refractivity contribution < 1.29 is 14.3 Å². The van der Waals surface area contributed by atoms with Gasteiger partial charge in [0, 0.05) is 22.9 Å². The van der Waals surface area contributed by atoms with E-state index in [1.165, 1.54) is 0 Å². The quantitative estimate of drug-likeness (QED) is 0.330. The van der Waals surface area contributed by atoms with Crippen molar-refractivity contribution in [1.29, 1.82) is 0 Å². The van der Waals surface area contributed by atoms with E-state index in [0.29, 0.717) is 29.1 Å². The van der Waals surface area contributed by atoms with Crippen LogP contribution in [0.15, 0.2) is 59.1 Å². The number of carbonyl (C=O) groups is 1. The van der Waals surface area contributed by atoms with Crippen LogP contribution in [-0.4, -0.2) is 19.1 Å². The van der Waals surface area contributed by atoms with E-state index < -0.39 is 0 Å². The lowest BCUT2D eigenvalue weighted by atomic mass is 10.1. The zero-order chi connectivity index (χ0) is 23.1. The predicted molar refractivity (Wildman–Crippen MR) is 134 cm³/mol. The number of rotatable bonds is 9. The number of halogens is 2. The SMILES string of the molecule is CCOc1cc(CNc2cccc(Cl)c2C)cc(Br)c1OCC(=O)Nc1cccc(C)c1. The summed E-state index contributed by atoms with van der Waals surface area (Å²) >= 11 is 9.77. The Labute approximate surface area is 202 Å². The molecule has 0 heterocycles. The Bertz CT molecular complexity index is 1100. The number of carbonyl (C=O) groups excluding carboxylic acids is 1. The molecule has 3 rings (SSSR count). The first kappa shape index (κ1) is 24.0. The molecule has 7 heteroatoms. The fourth-order valence-corrected chi connectivity index (χ4v) is 3.96. The summed E-state index contributed by atoms with van der Waals surface area (Å²) in [6.07, 6.45) is 0. The maximum absolute atomic E-state index is 12.4. The van der Waals surface area contributed by atoms with Crippen molar-refractivity contribution in [3.05, 3.63) is 80.8 Å². The molecular formula is C25H26BrClN2O3. The van der Waals surface area contributed by atoms with Gasteiger partial charge >= 0.3 is 0 Å². The highest BCUT2D eigenvalue weighted by molar-refractivity contribution is 9.10. The highest BCUT2D eigenvalue weighted by Gasteiger charge is 2.15. The minimum atomic E-state index is -0.243. The third kappa shape index (κ3) is 6.40. The van der Waals surface area contributed by atoms with E-state index in [1.807, 2.05) is 75.4 Å². The molecule has 32 heavy (non-hydrogen) atoms. The van der Waals surface area contributed by atoms with Crippen LogP contribution in [0.1, 0.15) is 23.6 Å². The van der Waals surface area contributed by atoms with Gasteiger partial charge in [-0.05, 0) is 89.8 Å². The molecule has 5 nitrogen and oxygen atoms in total. The zero-order valence-electron chi connectivity index (χ0n) is 18.3. The molecule has 0 aliphatic rings. The van der Waals surface area contributed by atoms with Crippen LogP contribution in [0.3, 0.4) is 0 Å². The average Bonchev–Trinajstić information content (AvgIpc) is 2.74. The lowest BCUT2D eigenvalue weighted by molar-refractivity contribution is -0.118. The van der Waals surface area contributed by atoms with Gasteiger partial charge in [-0.2, -0.15) is 0 Å². The number of hydrogen-bond donors (Lipinski definition) is 2. The fraction of sp³-hybridized carbons (Fsp3) is 0.240. The monoisotopic (exact) mass is 516 g/mol. The molecule has 1 amide bonds. The first-order valence-corrected chi connectivity index (χ1v) is 11.5. The summed E-state index contributed by atoms with van der Waals surface area (Å²) in [5.74, 6) is 0.825. The number of benzene rings is 3. The van der Waals surface area contributed by atoms with Gasteiger partial charge in [0.05, 0.1) is 11.1 Å². The number of aryl methyl sites for hydroxylation is 1. The van der Waals surface area contributed by atoms with Gasteiger partial charge in [-0.3, -0.25) is 4.79 Å². The van der Waals surface area contributed by atoms with E-state index >= 15 is 0 Å². The van der Waals surface area contributed by atoms with Gasteiger partial charge in [-0.15, -0.1) is 0 Å². The normalized spacial score (nSPS) is 10.5. The lowest BCUT2D eigenvalue weighted by Crippen LogP contribution is -2.20. The van der Waals surface area contributed by atoms with Crippen LogP contribution >= 0.6 is 27.5 Å². The Morgan fingerprint density at radius 1 is 1.06 bits per heavy atom. The van der Waals surface area contributed by atoms with Crippen molar-refractivity contribution in [2.24, 2.45) is 0 Å². The number of anilines is 2. The zero-order valence-corrected chi connectivity index (χ0v) is 20.6. The summed E-state index contributed by atoms with van der Waals surface area (Å²) in [5.41, 5.74) is 4.77. The Morgan fingerprint density at radius 3 is 2.59 bits per heavy atom. The molecule has 0 aliphatic heterocycles. The highest BCUT2D eigenvalue weighted by atomic mass is 79.9. The van der Waals surface area contributed by atoms with Crippen LogP contribution in [0.5, 0.6) is 11.5 Å². The second kappa shape index (κ2) is 11.2. The van der Waals surface area contributed by atoms with Crippen LogP contribution in [0.4, 0.5) is 11.4 Å². The minimum Gasteiger partial charge on any atom is -0.490 e. The molecular weight excluding hydrogens is 492 g/mol. The maximum atomic E-state index is 12.4. The van der Waals surface area contributed by atoms with Gasteiger partial charge in [0.25, 0.3) is 5.91 Å². The molecule has 3 aromatic carbocycles. The molecule has 0 saturated heterocycles. The van der Waals surface area contributed by atoms with Gasteiger partial charge in [-0.1, -0.05) is 29.8 Å². The molecule has 0 unspecified atom stereocenters. The molecule has 0 aromatic heterocycles. The highest BCUT2D eigenvalue weighted by Crippen LogP contribution is 2.37. The van der Waals surface area contributed by atoms with Crippen molar-refractivity contribution >= 4 is 44.8 Å². The summed E-state index contributed by atoms with van der Waals surface area (Å²) < 4.78 is 12.3. The van der Waals surface area contributed by atoms with Crippen LogP contribution in [0.2, 0.25) is 5.02 Å². The standard InChI is InChI=1S/C25H26BrClN2O3/c1-4-31-23-13-18(14-28-22-10-6-9-21(27)17(22)3)12-20(26)25(23)32-15-24(30)29-19-8-5-7-16(2)11-19/h5-13,28H,4,14-15H2,1-3H3,(H,29,30). The molecule has 168 valence electrons. The maximum Gasteiger partial charge on any atom is 0.262 e. The Hall–Kier alpha value is -2.70. The molecule has 0 bridgehead atoms. The van der Waals surface area contributed by atoms with E-state index in [9.17, 15) is 4.79 Å². The summed E-state index contributed by atoms with van der Waals surface area (Å²) in [5, 5.41) is 6.97. The van der Waals surface area contributed by atoms with E-state index in [-0.39, 0.29) is 12.5 Å². The summed E-state index contributed by atoms with van der Waals surface area (Å²) in [6, 6.07) is 17.3. The van der Waals surface area contributed by atoms with Crippen LogP contribution in [0.25, 0.3) is 0 Å². The van der Waals surface area contributed by atoms with Crippen molar-refractivity contribution in [2.75, 3.05) is 23.8 Å². The van der Waals surface area contributed by atoms with Crippen molar-refractivity contribution in [2.45, 2.75) is 27.3 Å². The lowest BCUT2D eigenvalue weighted by Gasteiger charge is -2.16. The van der Waals surface area contributed by atoms with Crippen molar-refractivity contribution in [3.8, 4) is 11.5 Å². The smallest absolute Gasteiger partial charge is 0.262 e. The first-order valence-electron chi connectivity index (χ1n) is 10.3. The van der Waals surface area contributed by atoms with Crippen molar-refractivity contribution in [1.82, 2.24) is 0 Å². The second-order valence-corrected chi connectivity index (χ2v) is 8.57. The van der Waals surface area contributed by atoms with Gasteiger partial charge < -0.3 is 20.1 Å². The van der Waals surface area contributed by atoms with E-state index in [2.05, 4.69) is 26.6 Å². The van der Waals surface area contributed by atoms with E-state index in [4.69, 9.17) is 21.1 Å². The molecule has 2 N–H and O–H groups in total. The van der Waals surface area contributed by atoms with Gasteiger partial charge in [0.2, 0.25) is 0 Å². The van der Waals surface area contributed by atoms with Crippen molar-refractivity contribution in [3.63, 3.8) is 0 Å². The summed E-state index contributed by atoms with van der Waals surface area (Å²) in [7, 11) is 0. The van der Waals surface area contributed by atoms with E-state index in [1.54, 1.807) is 0 Å². The largest absolute Gasteiger partial charge is 0.490 e. The summed E-state index contributed by atoms with van der Waals surface area (Å²) in [4.78, 5) is 12.4. The molecule has 3 aromatic rings. The number of hydrogen-bond acceptors (Lipinski definition) is 4. The minimum absolute atomic E-state index is 0.133. The van der Waals surface area contributed by atoms with Crippen LogP contribution in [-0.2, 0) is 11.3 Å². The second-order valence-electron chi connectivity index (χ2n) is 7.31. The predicted octanol–water partition coefficient (Wildman–Crippen LogP) is 6.75. The molecule has 0 spiro atoms. The first-order chi connectivity index (χ1) is 15.4. The number of ether oxygens (including phenoxy) is 2. The van der Waals surface area contributed by atoms with Crippen LogP contribution in [0, 0.1) is 13.8 Å². The Balaban J connectivity index is 1.69. The molecule has 0 atom stereocenters. The number of nitrogens with one attached hydrogen (secondary N) is 2. The Kier molecular flexibility index (Phi) is 8.42.